The van der Waals surface area contributed by atoms with Crippen LogP contribution in [-0.4, -0.2) is 21.4 Å². The van der Waals surface area contributed by atoms with Gasteiger partial charge in [0.1, 0.15) is 5.82 Å². The molecule has 0 radical (unpaired) electrons. The highest BCUT2D eigenvalue weighted by Crippen LogP contribution is 2.16. The van der Waals surface area contributed by atoms with Gasteiger partial charge in [0, 0.05) is 11.3 Å². The second-order valence-corrected chi connectivity index (χ2v) is 6.54. The Morgan fingerprint density at radius 2 is 1.86 bits per heavy atom. The van der Waals surface area contributed by atoms with E-state index >= 15 is 0 Å². The number of carbonyl (C=O) groups is 1. The normalized spacial score (nSPS) is 11.2. The summed E-state index contributed by atoms with van der Waals surface area (Å²) in [7, 11) is -2.32. The van der Waals surface area contributed by atoms with Gasteiger partial charge in [0.05, 0.1) is 4.90 Å². The molecule has 0 saturated heterocycles. The van der Waals surface area contributed by atoms with Crippen LogP contribution >= 0.6 is 0 Å². The second-order valence-electron chi connectivity index (χ2n) is 4.65. The molecule has 7 heteroatoms. The van der Waals surface area contributed by atoms with Gasteiger partial charge in [-0.3, -0.25) is 4.79 Å². The second kappa shape index (κ2) is 6.25. The Balaban J connectivity index is 2.26. The zero-order valence-electron chi connectivity index (χ0n) is 12.1. The summed E-state index contributed by atoms with van der Waals surface area (Å²) in [5, 5.41) is 2.60. The van der Waals surface area contributed by atoms with E-state index in [1.54, 1.807) is 6.92 Å². The molecule has 0 unspecified atom stereocenters. The summed E-state index contributed by atoms with van der Waals surface area (Å²) in [5.74, 6) is -0.834. The lowest BCUT2D eigenvalue weighted by Gasteiger charge is -2.08. The van der Waals surface area contributed by atoms with Crippen molar-refractivity contribution in [3.05, 3.63) is 59.4 Å². The molecule has 0 aromatic heterocycles. The minimum atomic E-state index is -3.62. The molecule has 2 N–H and O–H groups in total. The van der Waals surface area contributed by atoms with Crippen LogP contribution in [0, 0.1) is 12.7 Å². The van der Waals surface area contributed by atoms with Gasteiger partial charge in [0.2, 0.25) is 10.0 Å². The van der Waals surface area contributed by atoms with Gasteiger partial charge in [-0.2, -0.15) is 0 Å². The van der Waals surface area contributed by atoms with Gasteiger partial charge in [0.25, 0.3) is 5.91 Å². The molecule has 0 bridgehead atoms. The molecule has 5 nitrogen and oxygen atoms in total. The third kappa shape index (κ3) is 3.49. The average molecular weight is 322 g/mol. The smallest absolute Gasteiger partial charge is 0.255 e. The van der Waals surface area contributed by atoms with E-state index < -0.39 is 15.9 Å². The maximum atomic E-state index is 13.2. The van der Waals surface area contributed by atoms with Crippen LogP contribution in [0.2, 0.25) is 0 Å². The van der Waals surface area contributed by atoms with Crippen molar-refractivity contribution in [2.45, 2.75) is 11.8 Å². The number of anilines is 1. The third-order valence-corrected chi connectivity index (χ3v) is 4.50. The highest BCUT2D eigenvalue weighted by atomic mass is 32.2. The molecule has 0 fully saturated rings. The summed E-state index contributed by atoms with van der Waals surface area (Å²) in [5.41, 5.74) is 1.04. The fraction of sp³-hybridized carbons (Fsp3) is 0.133. The van der Waals surface area contributed by atoms with E-state index in [0.717, 1.165) is 0 Å². The fourth-order valence-electron chi connectivity index (χ4n) is 1.85. The Kier molecular flexibility index (Phi) is 4.58. The maximum Gasteiger partial charge on any atom is 0.255 e. The van der Waals surface area contributed by atoms with Gasteiger partial charge >= 0.3 is 0 Å². The Morgan fingerprint density at radius 1 is 1.14 bits per heavy atom. The van der Waals surface area contributed by atoms with E-state index in [-0.39, 0.29) is 16.3 Å². The maximum absolute atomic E-state index is 13.2. The van der Waals surface area contributed by atoms with Crippen molar-refractivity contribution in [1.82, 2.24) is 4.72 Å². The van der Waals surface area contributed by atoms with Gasteiger partial charge < -0.3 is 5.32 Å². The van der Waals surface area contributed by atoms with E-state index in [9.17, 15) is 17.6 Å². The number of sulfonamides is 1. The first-order valence-corrected chi connectivity index (χ1v) is 7.93. The molecule has 1 amide bonds. The van der Waals surface area contributed by atoms with Gasteiger partial charge in [-0.1, -0.05) is 6.07 Å². The minimum absolute atomic E-state index is 0.00191. The summed E-state index contributed by atoms with van der Waals surface area (Å²) in [4.78, 5) is 12.2. The first-order chi connectivity index (χ1) is 10.3. The number of aryl methyl sites for hydroxylation is 1. The van der Waals surface area contributed by atoms with Crippen LogP contribution in [0.4, 0.5) is 10.1 Å². The number of hydrogen-bond acceptors (Lipinski definition) is 3. The van der Waals surface area contributed by atoms with E-state index in [4.69, 9.17) is 0 Å². The SMILES string of the molecule is CNS(=O)(=O)c1cccc(C(=O)Nc2ccc(F)c(C)c2)c1. The molecule has 0 aliphatic rings. The van der Waals surface area contributed by atoms with Gasteiger partial charge in [-0.25, -0.2) is 17.5 Å². The molecule has 0 aliphatic carbocycles. The van der Waals surface area contributed by atoms with Gasteiger partial charge in [0.15, 0.2) is 0 Å². The molecule has 2 aromatic carbocycles. The summed E-state index contributed by atoms with van der Waals surface area (Å²) in [6.07, 6.45) is 0. The van der Waals surface area contributed by atoms with E-state index in [2.05, 4.69) is 10.0 Å². The summed E-state index contributed by atoms with van der Waals surface area (Å²) in [6, 6.07) is 9.85. The highest BCUT2D eigenvalue weighted by Gasteiger charge is 2.14. The summed E-state index contributed by atoms with van der Waals surface area (Å²) in [6.45, 7) is 1.59. The molecular formula is C15H15FN2O3S. The summed E-state index contributed by atoms with van der Waals surface area (Å²) >= 11 is 0. The standard InChI is InChI=1S/C15H15FN2O3S/c1-10-8-12(6-7-14(10)16)18-15(19)11-4-3-5-13(9-11)22(20,21)17-2/h3-9,17H,1-2H3,(H,18,19). The van der Waals surface area contributed by atoms with Crippen LogP contribution in [0.3, 0.4) is 0 Å². The molecule has 0 saturated carbocycles. The van der Waals surface area contributed by atoms with E-state index in [0.29, 0.717) is 11.3 Å². The number of rotatable bonds is 4. The number of hydrogen-bond donors (Lipinski definition) is 2. The Hall–Kier alpha value is -2.25. The quantitative estimate of drug-likeness (QED) is 0.907. The number of carbonyl (C=O) groups excluding carboxylic acids is 1. The molecule has 2 aromatic rings. The van der Waals surface area contributed by atoms with Crippen molar-refractivity contribution in [3.8, 4) is 0 Å². The number of nitrogens with one attached hydrogen (secondary N) is 2. The van der Waals surface area contributed by atoms with E-state index in [1.165, 1.54) is 49.5 Å². The van der Waals surface area contributed by atoms with Crippen LogP contribution in [0.15, 0.2) is 47.4 Å². The van der Waals surface area contributed by atoms with Gasteiger partial charge in [-0.15, -0.1) is 0 Å². The zero-order valence-corrected chi connectivity index (χ0v) is 12.9. The molecule has 0 heterocycles. The number of amides is 1. The summed E-state index contributed by atoms with van der Waals surface area (Å²) < 4.78 is 38.8. The lowest BCUT2D eigenvalue weighted by atomic mass is 10.2. The highest BCUT2D eigenvalue weighted by molar-refractivity contribution is 7.89. The molecule has 22 heavy (non-hydrogen) atoms. The van der Waals surface area contributed by atoms with Gasteiger partial charge in [-0.05, 0) is 55.9 Å². The van der Waals surface area contributed by atoms with Crippen molar-refractivity contribution in [3.63, 3.8) is 0 Å². The van der Waals surface area contributed by atoms with Crippen molar-refractivity contribution >= 4 is 21.6 Å². The molecule has 2 rings (SSSR count). The predicted molar refractivity (Wildman–Crippen MR) is 81.8 cm³/mol. The van der Waals surface area contributed by atoms with Crippen molar-refractivity contribution in [2.75, 3.05) is 12.4 Å². The molecule has 116 valence electrons. The molecule has 0 atom stereocenters. The lowest BCUT2D eigenvalue weighted by molar-refractivity contribution is 0.102. The number of benzene rings is 2. The Morgan fingerprint density at radius 3 is 2.50 bits per heavy atom. The monoisotopic (exact) mass is 322 g/mol. The van der Waals surface area contributed by atoms with Crippen molar-refractivity contribution < 1.29 is 17.6 Å². The third-order valence-electron chi connectivity index (χ3n) is 3.09. The van der Waals surface area contributed by atoms with Crippen LogP contribution < -0.4 is 10.0 Å². The zero-order chi connectivity index (χ0) is 16.3. The first kappa shape index (κ1) is 16.1. The van der Waals surface area contributed by atoms with Crippen LogP contribution in [0.25, 0.3) is 0 Å². The first-order valence-electron chi connectivity index (χ1n) is 6.44. The number of halogens is 1. The lowest BCUT2D eigenvalue weighted by Crippen LogP contribution is -2.19. The molecule has 0 spiro atoms. The molecular weight excluding hydrogens is 307 g/mol. The molecule has 0 aliphatic heterocycles. The Labute approximate surface area is 128 Å². The van der Waals surface area contributed by atoms with Crippen molar-refractivity contribution in [2.24, 2.45) is 0 Å². The van der Waals surface area contributed by atoms with Crippen LogP contribution in [0.1, 0.15) is 15.9 Å². The topological polar surface area (TPSA) is 75.3 Å². The van der Waals surface area contributed by atoms with Crippen LogP contribution in [0.5, 0.6) is 0 Å². The van der Waals surface area contributed by atoms with Crippen molar-refractivity contribution in [1.29, 1.82) is 0 Å². The fourth-order valence-corrected chi connectivity index (χ4v) is 2.62. The van der Waals surface area contributed by atoms with Crippen LogP contribution in [-0.2, 0) is 10.0 Å². The largest absolute Gasteiger partial charge is 0.322 e. The average Bonchev–Trinajstić information content (AvgIpc) is 2.51. The van der Waals surface area contributed by atoms with E-state index in [1.807, 2.05) is 0 Å². The Bertz CT molecular complexity index is 819. The predicted octanol–water partition coefficient (Wildman–Crippen LogP) is 2.29. The minimum Gasteiger partial charge on any atom is -0.322 e.